The normalized spacial score (nSPS) is 12.1. The highest BCUT2D eigenvalue weighted by Gasteiger charge is 2.07. The van der Waals surface area contributed by atoms with Gasteiger partial charge in [0, 0.05) is 23.7 Å². The van der Waals surface area contributed by atoms with Crippen molar-refractivity contribution in [2.24, 2.45) is 0 Å². The van der Waals surface area contributed by atoms with E-state index < -0.39 is 6.10 Å². The molecule has 0 radical (unpaired) electrons. The molecule has 3 rings (SSSR count). The topological polar surface area (TPSA) is 62.2 Å². The van der Waals surface area contributed by atoms with Crippen molar-refractivity contribution < 1.29 is 9.90 Å². The third kappa shape index (κ3) is 3.55. The summed E-state index contributed by atoms with van der Waals surface area (Å²) in [5, 5.41) is 13.5. The largest absolute Gasteiger partial charge is 0.389 e. The minimum Gasteiger partial charge on any atom is -0.389 e. The fraction of sp³-hybridized carbons (Fsp3) is 0.158. The lowest BCUT2D eigenvalue weighted by Crippen LogP contribution is -2.22. The molecule has 1 unspecified atom stereocenters. The Balaban J connectivity index is 1.72. The van der Waals surface area contributed by atoms with E-state index in [0.717, 1.165) is 22.0 Å². The SMILES string of the molecule is CC(O)c1cccc(CNC(=O)c2ccc3ncccc3c2)c1. The molecular formula is C19H18N2O2. The number of nitrogens with one attached hydrogen (secondary N) is 1. The highest BCUT2D eigenvalue weighted by atomic mass is 16.3. The van der Waals surface area contributed by atoms with Crippen molar-refractivity contribution in [1.82, 2.24) is 10.3 Å². The summed E-state index contributed by atoms with van der Waals surface area (Å²) >= 11 is 0. The summed E-state index contributed by atoms with van der Waals surface area (Å²) in [4.78, 5) is 16.5. The van der Waals surface area contributed by atoms with Gasteiger partial charge in [-0.1, -0.05) is 30.3 Å². The second kappa shape index (κ2) is 6.58. The summed E-state index contributed by atoms with van der Waals surface area (Å²) in [5.41, 5.74) is 3.28. The summed E-state index contributed by atoms with van der Waals surface area (Å²) in [6.07, 6.45) is 1.22. The fourth-order valence-corrected chi connectivity index (χ4v) is 2.46. The molecule has 23 heavy (non-hydrogen) atoms. The van der Waals surface area contributed by atoms with Crippen molar-refractivity contribution in [3.8, 4) is 0 Å². The van der Waals surface area contributed by atoms with Gasteiger partial charge in [0.2, 0.25) is 0 Å². The maximum atomic E-state index is 12.3. The summed E-state index contributed by atoms with van der Waals surface area (Å²) < 4.78 is 0. The number of aromatic nitrogens is 1. The molecule has 4 heteroatoms. The van der Waals surface area contributed by atoms with Gasteiger partial charge in [0.1, 0.15) is 0 Å². The lowest BCUT2D eigenvalue weighted by Gasteiger charge is -2.09. The van der Waals surface area contributed by atoms with Gasteiger partial charge in [-0.15, -0.1) is 0 Å². The van der Waals surface area contributed by atoms with Crippen LogP contribution in [0.25, 0.3) is 10.9 Å². The zero-order valence-electron chi connectivity index (χ0n) is 12.9. The van der Waals surface area contributed by atoms with Gasteiger partial charge in [-0.05, 0) is 42.3 Å². The summed E-state index contributed by atoms with van der Waals surface area (Å²) in [6, 6.07) is 16.8. The molecule has 0 fully saturated rings. The van der Waals surface area contributed by atoms with Crippen LogP contribution in [0.3, 0.4) is 0 Å². The standard InChI is InChI=1S/C19H18N2O2/c1-13(22)15-5-2-4-14(10-15)12-21-19(23)17-7-8-18-16(11-17)6-3-9-20-18/h2-11,13,22H,12H2,1H3,(H,21,23). The zero-order valence-corrected chi connectivity index (χ0v) is 12.9. The number of carbonyl (C=O) groups excluding carboxylic acids is 1. The molecule has 0 aliphatic carbocycles. The number of amides is 1. The minimum atomic E-state index is -0.515. The summed E-state index contributed by atoms with van der Waals surface area (Å²) in [7, 11) is 0. The molecule has 0 saturated heterocycles. The Morgan fingerprint density at radius 1 is 1.17 bits per heavy atom. The van der Waals surface area contributed by atoms with Gasteiger partial charge >= 0.3 is 0 Å². The molecule has 1 aromatic heterocycles. The number of carbonyl (C=O) groups is 1. The number of pyridine rings is 1. The van der Waals surface area contributed by atoms with Crippen LogP contribution in [0.2, 0.25) is 0 Å². The van der Waals surface area contributed by atoms with Crippen molar-refractivity contribution in [1.29, 1.82) is 0 Å². The molecule has 1 amide bonds. The predicted molar refractivity (Wildman–Crippen MR) is 90.0 cm³/mol. The number of aliphatic hydroxyl groups is 1. The maximum absolute atomic E-state index is 12.3. The molecule has 2 aromatic carbocycles. The van der Waals surface area contributed by atoms with E-state index in [0.29, 0.717) is 12.1 Å². The zero-order chi connectivity index (χ0) is 16.2. The minimum absolute atomic E-state index is 0.127. The average molecular weight is 306 g/mol. The molecule has 116 valence electrons. The lowest BCUT2D eigenvalue weighted by atomic mass is 10.1. The van der Waals surface area contributed by atoms with Crippen LogP contribution in [0, 0.1) is 0 Å². The van der Waals surface area contributed by atoms with Gasteiger partial charge < -0.3 is 10.4 Å². The highest BCUT2D eigenvalue weighted by molar-refractivity contribution is 5.97. The van der Waals surface area contributed by atoms with E-state index in [2.05, 4.69) is 10.3 Å². The van der Waals surface area contributed by atoms with Crippen molar-refractivity contribution >= 4 is 16.8 Å². The third-order valence-corrected chi connectivity index (χ3v) is 3.75. The van der Waals surface area contributed by atoms with Crippen molar-refractivity contribution in [2.45, 2.75) is 19.6 Å². The molecule has 2 N–H and O–H groups in total. The number of aliphatic hydroxyl groups excluding tert-OH is 1. The number of rotatable bonds is 4. The van der Waals surface area contributed by atoms with Crippen LogP contribution in [-0.2, 0) is 6.54 Å². The quantitative estimate of drug-likeness (QED) is 0.778. The molecular weight excluding hydrogens is 288 g/mol. The number of nitrogens with zero attached hydrogens (tertiary/aromatic N) is 1. The molecule has 0 aliphatic heterocycles. The summed E-state index contributed by atoms with van der Waals surface area (Å²) in [5.74, 6) is -0.127. The first-order valence-corrected chi connectivity index (χ1v) is 7.53. The number of hydrogen-bond donors (Lipinski definition) is 2. The van der Waals surface area contributed by atoms with Gasteiger partial charge in [-0.25, -0.2) is 0 Å². The molecule has 0 spiro atoms. The molecule has 0 bridgehead atoms. The van der Waals surface area contributed by atoms with Crippen LogP contribution in [-0.4, -0.2) is 16.0 Å². The van der Waals surface area contributed by atoms with Crippen LogP contribution in [0.1, 0.15) is 34.5 Å². The van der Waals surface area contributed by atoms with Crippen molar-refractivity contribution in [2.75, 3.05) is 0 Å². The number of benzene rings is 2. The number of hydrogen-bond acceptors (Lipinski definition) is 3. The van der Waals surface area contributed by atoms with E-state index in [9.17, 15) is 9.90 Å². The van der Waals surface area contributed by atoms with Crippen molar-refractivity contribution in [3.63, 3.8) is 0 Å². The summed E-state index contributed by atoms with van der Waals surface area (Å²) in [6.45, 7) is 2.14. The van der Waals surface area contributed by atoms with Gasteiger partial charge in [-0.3, -0.25) is 9.78 Å². The van der Waals surface area contributed by atoms with E-state index >= 15 is 0 Å². The van der Waals surface area contributed by atoms with Gasteiger partial charge in [-0.2, -0.15) is 0 Å². The molecule has 4 nitrogen and oxygen atoms in total. The second-order valence-electron chi connectivity index (χ2n) is 5.51. The van der Waals surface area contributed by atoms with Crippen LogP contribution >= 0.6 is 0 Å². The predicted octanol–water partition coefficient (Wildman–Crippen LogP) is 3.22. The van der Waals surface area contributed by atoms with Gasteiger partial charge in [0.25, 0.3) is 5.91 Å². The first-order chi connectivity index (χ1) is 11.1. The Morgan fingerprint density at radius 3 is 2.87 bits per heavy atom. The van der Waals surface area contributed by atoms with E-state index in [1.807, 2.05) is 48.5 Å². The smallest absolute Gasteiger partial charge is 0.251 e. The first-order valence-electron chi connectivity index (χ1n) is 7.53. The first kappa shape index (κ1) is 15.2. The Morgan fingerprint density at radius 2 is 2.04 bits per heavy atom. The van der Waals surface area contributed by atoms with Gasteiger partial charge in [0.05, 0.1) is 11.6 Å². The molecule has 3 aromatic rings. The van der Waals surface area contributed by atoms with E-state index in [4.69, 9.17) is 0 Å². The van der Waals surface area contributed by atoms with Crippen molar-refractivity contribution in [3.05, 3.63) is 77.5 Å². The molecule has 0 aliphatic rings. The monoisotopic (exact) mass is 306 g/mol. The lowest BCUT2D eigenvalue weighted by molar-refractivity contribution is 0.0951. The maximum Gasteiger partial charge on any atom is 0.251 e. The fourth-order valence-electron chi connectivity index (χ4n) is 2.46. The van der Waals surface area contributed by atoms with Crippen LogP contribution in [0.15, 0.2) is 60.8 Å². The molecule has 0 saturated carbocycles. The Bertz CT molecular complexity index is 843. The van der Waals surface area contributed by atoms with Crippen LogP contribution < -0.4 is 5.32 Å². The Labute approximate surface area is 134 Å². The Hall–Kier alpha value is -2.72. The second-order valence-corrected chi connectivity index (χ2v) is 5.51. The number of fused-ring (bicyclic) bond motifs is 1. The third-order valence-electron chi connectivity index (χ3n) is 3.75. The Kier molecular flexibility index (Phi) is 4.35. The van der Waals surface area contributed by atoms with E-state index in [1.54, 1.807) is 19.2 Å². The highest BCUT2D eigenvalue weighted by Crippen LogP contribution is 2.15. The van der Waals surface area contributed by atoms with E-state index in [1.165, 1.54) is 0 Å². The average Bonchev–Trinajstić information content (AvgIpc) is 2.59. The van der Waals surface area contributed by atoms with E-state index in [-0.39, 0.29) is 5.91 Å². The molecule has 1 heterocycles. The molecule has 1 atom stereocenters. The van der Waals surface area contributed by atoms with Crippen LogP contribution in [0.5, 0.6) is 0 Å². The van der Waals surface area contributed by atoms with Crippen LogP contribution in [0.4, 0.5) is 0 Å². The van der Waals surface area contributed by atoms with Gasteiger partial charge in [0.15, 0.2) is 0 Å².